The van der Waals surface area contributed by atoms with Gasteiger partial charge in [-0.1, -0.05) is 42.5 Å². The van der Waals surface area contributed by atoms with Gasteiger partial charge in [-0.2, -0.15) is 4.31 Å². The molecule has 0 unspecified atom stereocenters. The SMILES string of the molecule is O=C(NCc1ccc2ccccc2c1)c1cccc(S(=O)(=O)N2CCCC2)c1. The highest BCUT2D eigenvalue weighted by molar-refractivity contribution is 7.89. The van der Waals surface area contributed by atoms with Gasteiger partial charge in [0.05, 0.1) is 4.90 Å². The topological polar surface area (TPSA) is 66.5 Å². The van der Waals surface area contributed by atoms with Crippen molar-refractivity contribution in [3.8, 4) is 0 Å². The number of hydrogen-bond donors (Lipinski definition) is 1. The van der Waals surface area contributed by atoms with E-state index in [2.05, 4.69) is 5.32 Å². The molecule has 1 N–H and O–H groups in total. The minimum absolute atomic E-state index is 0.174. The fourth-order valence-electron chi connectivity index (χ4n) is 3.51. The van der Waals surface area contributed by atoms with Crippen molar-refractivity contribution in [3.63, 3.8) is 0 Å². The third-order valence-corrected chi connectivity index (χ3v) is 6.96. The summed E-state index contributed by atoms with van der Waals surface area (Å²) in [7, 11) is -3.53. The highest BCUT2D eigenvalue weighted by Gasteiger charge is 2.27. The van der Waals surface area contributed by atoms with Gasteiger partial charge in [-0.3, -0.25) is 4.79 Å². The summed E-state index contributed by atoms with van der Waals surface area (Å²) in [6, 6.07) is 20.4. The molecule has 144 valence electrons. The molecule has 4 rings (SSSR count). The number of nitrogens with zero attached hydrogens (tertiary/aromatic N) is 1. The monoisotopic (exact) mass is 394 g/mol. The summed E-state index contributed by atoms with van der Waals surface area (Å²) in [6.45, 7) is 1.47. The number of sulfonamides is 1. The third kappa shape index (κ3) is 3.79. The lowest BCUT2D eigenvalue weighted by Crippen LogP contribution is -2.28. The summed E-state index contributed by atoms with van der Waals surface area (Å²) >= 11 is 0. The van der Waals surface area contributed by atoms with Gasteiger partial charge < -0.3 is 5.32 Å². The molecule has 0 atom stereocenters. The van der Waals surface area contributed by atoms with Crippen molar-refractivity contribution in [2.24, 2.45) is 0 Å². The van der Waals surface area contributed by atoms with Gasteiger partial charge in [0.25, 0.3) is 5.91 Å². The molecule has 0 aliphatic carbocycles. The Kier molecular flexibility index (Phi) is 5.15. The average Bonchev–Trinajstić information content (AvgIpc) is 3.28. The van der Waals surface area contributed by atoms with Crippen LogP contribution in [0, 0.1) is 0 Å². The van der Waals surface area contributed by atoms with Crippen LogP contribution in [0.2, 0.25) is 0 Å². The highest BCUT2D eigenvalue weighted by atomic mass is 32.2. The number of amides is 1. The third-order valence-electron chi connectivity index (χ3n) is 5.07. The van der Waals surface area contributed by atoms with E-state index in [1.807, 2.05) is 42.5 Å². The molecule has 1 amide bonds. The number of carbonyl (C=O) groups excluding carboxylic acids is 1. The molecule has 0 spiro atoms. The Morgan fingerprint density at radius 2 is 1.64 bits per heavy atom. The van der Waals surface area contributed by atoms with E-state index in [0.29, 0.717) is 25.2 Å². The van der Waals surface area contributed by atoms with Crippen molar-refractivity contribution < 1.29 is 13.2 Å². The molecule has 1 fully saturated rings. The summed E-state index contributed by atoms with van der Waals surface area (Å²) in [6.07, 6.45) is 1.76. The Labute approximate surface area is 165 Å². The molecule has 3 aromatic carbocycles. The Bertz CT molecular complexity index is 1120. The normalized spacial score (nSPS) is 15.0. The second-order valence-corrected chi connectivity index (χ2v) is 8.94. The van der Waals surface area contributed by atoms with Crippen LogP contribution in [0.4, 0.5) is 0 Å². The van der Waals surface area contributed by atoms with Gasteiger partial charge in [-0.25, -0.2) is 8.42 Å². The van der Waals surface area contributed by atoms with Gasteiger partial charge in [0.15, 0.2) is 0 Å². The molecule has 0 aromatic heterocycles. The van der Waals surface area contributed by atoms with Gasteiger partial charge >= 0.3 is 0 Å². The quantitative estimate of drug-likeness (QED) is 0.720. The van der Waals surface area contributed by atoms with Gasteiger partial charge in [0, 0.05) is 25.2 Å². The van der Waals surface area contributed by atoms with Gasteiger partial charge in [-0.15, -0.1) is 0 Å². The summed E-state index contributed by atoms with van der Waals surface area (Å²) in [5.74, 6) is -0.286. The summed E-state index contributed by atoms with van der Waals surface area (Å²) in [4.78, 5) is 12.7. The van der Waals surface area contributed by atoms with Crippen molar-refractivity contribution in [2.75, 3.05) is 13.1 Å². The number of benzene rings is 3. The number of carbonyl (C=O) groups is 1. The van der Waals surface area contributed by atoms with E-state index in [-0.39, 0.29) is 10.8 Å². The molecule has 28 heavy (non-hydrogen) atoms. The van der Waals surface area contributed by atoms with Crippen molar-refractivity contribution in [2.45, 2.75) is 24.3 Å². The summed E-state index contributed by atoms with van der Waals surface area (Å²) < 4.78 is 26.9. The maximum atomic E-state index is 12.7. The molecular weight excluding hydrogens is 372 g/mol. The lowest BCUT2D eigenvalue weighted by atomic mass is 10.1. The fourth-order valence-corrected chi connectivity index (χ4v) is 5.07. The Hall–Kier alpha value is -2.70. The first kappa shape index (κ1) is 18.7. The van der Waals surface area contributed by atoms with Crippen LogP contribution in [0.5, 0.6) is 0 Å². The molecule has 1 saturated heterocycles. The summed E-state index contributed by atoms with van der Waals surface area (Å²) in [5, 5.41) is 5.15. The first-order valence-electron chi connectivity index (χ1n) is 9.40. The van der Waals surface area contributed by atoms with E-state index in [9.17, 15) is 13.2 Å². The first-order valence-corrected chi connectivity index (χ1v) is 10.8. The van der Waals surface area contributed by atoms with Crippen LogP contribution >= 0.6 is 0 Å². The zero-order chi connectivity index (χ0) is 19.6. The van der Waals surface area contributed by atoms with E-state index in [1.54, 1.807) is 18.2 Å². The summed E-state index contributed by atoms with van der Waals surface area (Å²) in [5.41, 5.74) is 1.34. The molecular formula is C22H22N2O3S. The smallest absolute Gasteiger partial charge is 0.251 e. The van der Waals surface area contributed by atoms with Crippen molar-refractivity contribution in [1.82, 2.24) is 9.62 Å². The molecule has 1 heterocycles. The number of hydrogen-bond acceptors (Lipinski definition) is 3. The van der Waals surface area contributed by atoms with E-state index in [0.717, 1.165) is 29.2 Å². The van der Waals surface area contributed by atoms with Crippen LogP contribution in [-0.4, -0.2) is 31.7 Å². The number of fused-ring (bicyclic) bond motifs is 1. The van der Waals surface area contributed by atoms with E-state index >= 15 is 0 Å². The lowest BCUT2D eigenvalue weighted by Gasteiger charge is -2.16. The predicted molar refractivity (Wildman–Crippen MR) is 110 cm³/mol. The Morgan fingerprint density at radius 3 is 2.43 bits per heavy atom. The van der Waals surface area contributed by atoms with Gasteiger partial charge in [-0.05, 0) is 53.4 Å². The van der Waals surface area contributed by atoms with E-state index < -0.39 is 10.0 Å². The van der Waals surface area contributed by atoms with Gasteiger partial charge in [0.2, 0.25) is 10.0 Å². The minimum Gasteiger partial charge on any atom is -0.348 e. The molecule has 0 bridgehead atoms. The maximum Gasteiger partial charge on any atom is 0.251 e. The Balaban J connectivity index is 1.48. The van der Waals surface area contributed by atoms with E-state index in [4.69, 9.17) is 0 Å². The molecule has 0 radical (unpaired) electrons. The minimum atomic E-state index is -3.53. The maximum absolute atomic E-state index is 12.7. The van der Waals surface area contributed by atoms with E-state index in [1.165, 1.54) is 10.4 Å². The molecule has 1 aliphatic rings. The highest BCUT2D eigenvalue weighted by Crippen LogP contribution is 2.21. The molecule has 0 saturated carbocycles. The molecule has 1 aliphatic heterocycles. The van der Waals surface area contributed by atoms with Crippen LogP contribution in [0.1, 0.15) is 28.8 Å². The standard InChI is InChI=1S/C22H22N2O3S/c25-22(23-16-17-10-11-18-6-1-2-7-19(18)14-17)20-8-5-9-21(15-20)28(26,27)24-12-3-4-13-24/h1-2,5-11,14-15H,3-4,12-13,16H2,(H,23,25). The van der Waals surface area contributed by atoms with Crippen LogP contribution in [0.25, 0.3) is 10.8 Å². The van der Waals surface area contributed by atoms with Crippen molar-refractivity contribution in [3.05, 3.63) is 77.9 Å². The average molecular weight is 394 g/mol. The zero-order valence-corrected chi connectivity index (χ0v) is 16.3. The first-order chi connectivity index (χ1) is 13.5. The predicted octanol–water partition coefficient (Wildman–Crippen LogP) is 3.55. The fraction of sp³-hybridized carbons (Fsp3) is 0.227. The van der Waals surface area contributed by atoms with Crippen molar-refractivity contribution >= 4 is 26.7 Å². The zero-order valence-electron chi connectivity index (χ0n) is 15.5. The van der Waals surface area contributed by atoms with Crippen LogP contribution < -0.4 is 5.32 Å². The van der Waals surface area contributed by atoms with Gasteiger partial charge in [0.1, 0.15) is 0 Å². The largest absolute Gasteiger partial charge is 0.348 e. The second-order valence-electron chi connectivity index (χ2n) is 7.00. The Morgan fingerprint density at radius 1 is 0.893 bits per heavy atom. The number of nitrogens with one attached hydrogen (secondary N) is 1. The van der Waals surface area contributed by atoms with Crippen LogP contribution in [0.3, 0.4) is 0 Å². The molecule has 6 heteroatoms. The molecule has 3 aromatic rings. The van der Waals surface area contributed by atoms with Crippen molar-refractivity contribution in [1.29, 1.82) is 0 Å². The number of rotatable bonds is 5. The van der Waals surface area contributed by atoms with Crippen LogP contribution in [-0.2, 0) is 16.6 Å². The second kappa shape index (κ2) is 7.73. The van der Waals surface area contributed by atoms with Crippen LogP contribution in [0.15, 0.2) is 71.6 Å². The lowest BCUT2D eigenvalue weighted by molar-refractivity contribution is 0.0950. The molecule has 5 nitrogen and oxygen atoms in total.